The smallest absolute Gasteiger partial charge is 0.240 e. The normalized spacial score (nSPS) is 17.0. The Morgan fingerprint density at radius 3 is 2.72 bits per heavy atom. The van der Waals surface area contributed by atoms with Crippen LogP contribution in [0, 0.1) is 13.8 Å². The van der Waals surface area contributed by atoms with Crippen molar-refractivity contribution in [2.45, 2.75) is 51.6 Å². The number of rotatable bonds is 4. The quantitative estimate of drug-likeness (QED) is 0.885. The maximum atomic E-state index is 12.6. The molecule has 1 N–H and O–H groups in total. The van der Waals surface area contributed by atoms with E-state index in [9.17, 15) is 13.2 Å². The summed E-state index contributed by atoms with van der Waals surface area (Å²) in [5, 5.41) is 0.919. The highest BCUT2D eigenvalue weighted by Gasteiger charge is 2.30. The molecule has 0 aliphatic carbocycles. The SMILES string of the molecule is CC(=O)N1c2ccc(S(=O)(=O)NCc3sc(C)nc3C)cc2CC1C. The minimum absolute atomic E-state index is 0.0315. The summed E-state index contributed by atoms with van der Waals surface area (Å²) in [5.41, 5.74) is 2.54. The van der Waals surface area contributed by atoms with Gasteiger partial charge in [-0.1, -0.05) is 0 Å². The number of benzene rings is 1. The molecule has 2 aromatic rings. The van der Waals surface area contributed by atoms with Crippen LogP contribution in [0.1, 0.15) is 35.0 Å². The molecule has 3 rings (SSSR count). The van der Waals surface area contributed by atoms with Gasteiger partial charge in [0.05, 0.1) is 15.6 Å². The number of anilines is 1. The molecule has 0 saturated heterocycles. The fraction of sp³-hybridized carbons (Fsp3) is 0.412. The van der Waals surface area contributed by atoms with Crippen LogP contribution in [0.4, 0.5) is 5.69 Å². The second-order valence-corrected chi connectivity index (χ2v) is 9.35. The molecule has 2 heterocycles. The summed E-state index contributed by atoms with van der Waals surface area (Å²) in [4.78, 5) is 18.9. The predicted molar refractivity (Wildman–Crippen MR) is 98.4 cm³/mol. The summed E-state index contributed by atoms with van der Waals surface area (Å²) in [6, 6.07) is 4.99. The van der Waals surface area contributed by atoms with Crippen LogP contribution in [0.3, 0.4) is 0 Å². The van der Waals surface area contributed by atoms with E-state index in [0.717, 1.165) is 26.8 Å². The van der Waals surface area contributed by atoms with E-state index in [1.54, 1.807) is 23.1 Å². The zero-order valence-electron chi connectivity index (χ0n) is 14.7. The van der Waals surface area contributed by atoms with Gasteiger partial charge in [0.25, 0.3) is 0 Å². The third-order valence-corrected chi connectivity index (χ3v) is 6.81. The number of amides is 1. The van der Waals surface area contributed by atoms with Crippen LogP contribution in [0.25, 0.3) is 0 Å². The second-order valence-electron chi connectivity index (χ2n) is 6.30. The first-order valence-corrected chi connectivity index (χ1v) is 10.3. The monoisotopic (exact) mass is 379 g/mol. The zero-order chi connectivity index (χ0) is 18.4. The first kappa shape index (κ1) is 18.0. The van der Waals surface area contributed by atoms with Crippen molar-refractivity contribution in [3.8, 4) is 0 Å². The highest BCUT2D eigenvalue weighted by atomic mass is 32.2. The van der Waals surface area contributed by atoms with Crippen molar-refractivity contribution in [1.29, 1.82) is 0 Å². The molecule has 6 nitrogen and oxygen atoms in total. The Morgan fingerprint density at radius 2 is 2.12 bits per heavy atom. The van der Waals surface area contributed by atoms with Gasteiger partial charge in [0.15, 0.2) is 0 Å². The highest BCUT2D eigenvalue weighted by Crippen LogP contribution is 2.33. The van der Waals surface area contributed by atoms with Crippen LogP contribution in [-0.2, 0) is 27.8 Å². The number of hydrogen-bond acceptors (Lipinski definition) is 5. The molecule has 0 spiro atoms. The van der Waals surface area contributed by atoms with E-state index in [1.165, 1.54) is 18.3 Å². The van der Waals surface area contributed by atoms with Gasteiger partial charge in [0.1, 0.15) is 0 Å². The maximum absolute atomic E-state index is 12.6. The predicted octanol–water partition coefficient (Wildman–Crippen LogP) is 2.54. The van der Waals surface area contributed by atoms with E-state index in [1.807, 2.05) is 20.8 Å². The summed E-state index contributed by atoms with van der Waals surface area (Å²) in [6.07, 6.45) is 0.658. The first-order chi connectivity index (χ1) is 11.7. The number of fused-ring (bicyclic) bond motifs is 1. The molecule has 1 aromatic heterocycles. The van der Waals surface area contributed by atoms with Crippen LogP contribution in [0.2, 0.25) is 0 Å². The topological polar surface area (TPSA) is 79.4 Å². The first-order valence-electron chi connectivity index (χ1n) is 8.04. The Hall–Kier alpha value is -1.77. The van der Waals surface area contributed by atoms with E-state index >= 15 is 0 Å². The molecule has 1 unspecified atom stereocenters. The Labute approximate surface area is 151 Å². The zero-order valence-corrected chi connectivity index (χ0v) is 16.3. The van der Waals surface area contributed by atoms with E-state index in [4.69, 9.17) is 0 Å². The average Bonchev–Trinajstić information content (AvgIpc) is 3.02. The third-order valence-electron chi connectivity index (χ3n) is 4.34. The van der Waals surface area contributed by atoms with E-state index < -0.39 is 10.0 Å². The van der Waals surface area contributed by atoms with Gasteiger partial charge >= 0.3 is 0 Å². The third kappa shape index (κ3) is 3.47. The van der Waals surface area contributed by atoms with Crippen molar-refractivity contribution in [2.75, 3.05) is 4.90 Å². The van der Waals surface area contributed by atoms with Gasteiger partial charge in [-0.05, 0) is 51.0 Å². The van der Waals surface area contributed by atoms with Crippen molar-refractivity contribution in [2.24, 2.45) is 0 Å². The standard InChI is InChI=1S/C17H21N3O3S2/c1-10-7-14-8-15(5-6-16(14)20(10)13(4)21)25(22,23)18-9-17-11(2)19-12(3)24-17/h5-6,8,10,18H,7,9H2,1-4H3. The molecule has 134 valence electrons. The molecule has 25 heavy (non-hydrogen) atoms. The number of nitrogens with zero attached hydrogens (tertiary/aromatic N) is 2. The fourth-order valence-electron chi connectivity index (χ4n) is 3.24. The van der Waals surface area contributed by atoms with Gasteiger partial charge in [0.2, 0.25) is 15.9 Å². The molecule has 0 radical (unpaired) electrons. The van der Waals surface area contributed by atoms with Gasteiger partial charge in [0, 0.05) is 30.1 Å². The number of hydrogen-bond donors (Lipinski definition) is 1. The molecule has 0 bridgehead atoms. The summed E-state index contributed by atoms with van der Waals surface area (Å²) in [7, 11) is -3.62. The molecular formula is C17H21N3O3S2. The molecule has 1 aliphatic rings. The van der Waals surface area contributed by atoms with Gasteiger partial charge < -0.3 is 4.90 Å². The number of sulfonamides is 1. The largest absolute Gasteiger partial charge is 0.309 e. The lowest BCUT2D eigenvalue weighted by Gasteiger charge is -2.20. The molecule has 1 aromatic carbocycles. The highest BCUT2D eigenvalue weighted by molar-refractivity contribution is 7.89. The maximum Gasteiger partial charge on any atom is 0.240 e. The minimum atomic E-state index is -3.62. The van der Waals surface area contributed by atoms with Crippen molar-refractivity contribution in [3.63, 3.8) is 0 Å². The van der Waals surface area contributed by atoms with Crippen LogP contribution in [0.15, 0.2) is 23.1 Å². The number of nitrogens with one attached hydrogen (secondary N) is 1. The number of aryl methyl sites for hydroxylation is 2. The molecule has 1 aliphatic heterocycles. The average molecular weight is 380 g/mol. The van der Waals surface area contributed by atoms with Crippen LogP contribution in [0.5, 0.6) is 0 Å². The van der Waals surface area contributed by atoms with Crippen molar-refractivity contribution >= 4 is 33.0 Å². The van der Waals surface area contributed by atoms with E-state index in [0.29, 0.717) is 6.42 Å². The Bertz CT molecular complexity index is 935. The van der Waals surface area contributed by atoms with Crippen molar-refractivity contribution < 1.29 is 13.2 Å². The summed E-state index contributed by atoms with van der Waals surface area (Å²) >= 11 is 1.49. The molecule has 0 saturated carbocycles. The Balaban J connectivity index is 1.83. The Morgan fingerprint density at radius 1 is 1.40 bits per heavy atom. The number of carbonyl (C=O) groups excluding carboxylic acids is 1. The van der Waals surface area contributed by atoms with Gasteiger partial charge in [-0.25, -0.2) is 18.1 Å². The number of thiazole rings is 1. The Kier molecular flexibility index (Phi) is 4.70. The van der Waals surface area contributed by atoms with Crippen molar-refractivity contribution in [1.82, 2.24) is 9.71 Å². The van der Waals surface area contributed by atoms with Gasteiger partial charge in [-0.15, -0.1) is 11.3 Å². The summed E-state index contributed by atoms with van der Waals surface area (Å²) < 4.78 is 27.9. The van der Waals surface area contributed by atoms with Crippen LogP contribution in [-0.4, -0.2) is 25.4 Å². The lowest BCUT2D eigenvalue weighted by atomic mass is 10.1. The fourth-order valence-corrected chi connectivity index (χ4v) is 5.25. The molecular weight excluding hydrogens is 358 g/mol. The summed E-state index contributed by atoms with van der Waals surface area (Å²) in [6.45, 7) is 7.49. The van der Waals surface area contributed by atoms with E-state index in [2.05, 4.69) is 9.71 Å². The van der Waals surface area contributed by atoms with Crippen molar-refractivity contribution in [3.05, 3.63) is 39.3 Å². The number of aromatic nitrogens is 1. The van der Waals surface area contributed by atoms with E-state index in [-0.39, 0.29) is 23.4 Å². The molecule has 8 heteroatoms. The number of carbonyl (C=O) groups is 1. The van der Waals surface area contributed by atoms with Gasteiger partial charge in [-0.3, -0.25) is 4.79 Å². The summed E-state index contributed by atoms with van der Waals surface area (Å²) in [5.74, 6) is -0.0315. The lowest BCUT2D eigenvalue weighted by Crippen LogP contribution is -2.33. The van der Waals surface area contributed by atoms with Gasteiger partial charge in [-0.2, -0.15) is 0 Å². The van der Waals surface area contributed by atoms with Crippen LogP contribution >= 0.6 is 11.3 Å². The lowest BCUT2D eigenvalue weighted by molar-refractivity contribution is -0.116. The second kappa shape index (κ2) is 6.51. The van der Waals surface area contributed by atoms with Crippen LogP contribution < -0.4 is 9.62 Å². The molecule has 0 fully saturated rings. The molecule has 1 amide bonds. The minimum Gasteiger partial charge on any atom is -0.309 e. The molecule has 1 atom stereocenters.